The van der Waals surface area contributed by atoms with E-state index in [2.05, 4.69) is 6.58 Å². The smallest absolute Gasteiger partial charge is 0.149 e. The molecule has 0 aliphatic rings. The number of nitrogens with two attached hydrogens (primary N) is 2. The lowest BCUT2D eigenvalue weighted by Crippen LogP contribution is -2.11. The predicted octanol–water partition coefficient (Wildman–Crippen LogP) is 2.50. The lowest BCUT2D eigenvalue weighted by atomic mass is 10.0. The quantitative estimate of drug-likeness (QED) is 0.434. The molecule has 0 aliphatic heterocycles. The van der Waals surface area contributed by atoms with Crippen LogP contribution in [0.1, 0.15) is 24.4 Å². The molecule has 0 bridgehead atoms. The summed E-state index contributed by atoms with van der Waals surface area (Å²) in [5.41, 5.74) is 11.4. The van der Waals surface area contributed by atoms with E-state index in [0.717, 1.165) is 6.42 Å². The molecule has 5 N–H and O–H groups in total. The molecule has 0 heterocycles. The van der Waals surface area contributed by atoms with Gasteiger partial charge in [-0.15, -0.1) is 19.0 Å². The van der Waals surface area contributed by atoms with Crippen LogP contribution in [0.2, 0.25) is 0 Å². The predicted molar refractivity (Wildman–Crippen MR) is 66.1 cm³/mol. The third kappa shape index (κ3) is 3.12. The van der Waals surface area contributed by atoms with Crippen LogP contribution in [0.15, 0.2) is 24.8 Å². The van der Waals surface area contributed by atoms with E-state index >= 15 is 0 Å². The zero-order chi connectivity index (χ0) is 11.4. The van der Waals surface area contributed by atoms with E-state index in [9.17, 15) is 9.50 Å². The molecule has 3 nitrogen and oxygen atoms in total. The Morgan fingerprint density at radius 1 is 1.50 bits per heavy atom. The molecule has 16 heavy (non-hydrogen) atoms. The molecular weight excluding hydrogens is 231 g/mol. The highest BCUT2D eigenvalue weighted by Gasteiger charge is 2.14. The average molecular weight is 247 g/mol. The number of hydrogen-bond acceptors (Lipinski definition) is 3. The summed E-state index contributed by atoms with van der Waals surface area (Å²) in [5.74, 6) is -0.890. The maximum atomic E-state index is 12.9. The summed E-state index contributed by atoms with van der Waals surface area (Å²) in [5, 5.41) is 9.58. The SMILES string of the molecule is C=CCC[C@H](N)c1ccc(F)c(N)c1O.Cl. The Morgan fingerprint density at radius 2 is 2.12 bits per heavy atom. The van der Waals surface area contributed by atoms with Gasteiger partial charge in [0.25, 0.3) is 0 Å². The topological polar surface area (TPSA) is 72.3 Å². The van der Waals surface area contributed by atoms with Gasteiger partial charge in [0, 0.05) is 11.6 Å². The third-order valence-corrected chi connectivity index (χ3v) is 2.28. The number of aromatic hydroxyl groups is 1. The normalized spacial score (nSPS) is 11.6. The molecule has 0 aliphatic carbocycles. The van der Waals surface area contributed by atoms with E-state index < -0.39 is 5.82 Å². The molecule has 5 heteroatoms. The van der Waals surface area contributed by atoms with Crippen molar-refractivity contribution in [3.63, 3.8) is 0 Å². The third-order valence-electron chi connectivity index (χ3n) is 2.28. The van der Waals surface area contributed by atoms with Gasteiger partial charge in [0.2, 0.25) is 0 Å². The van der Waals surface area contributed by atoms with Gasteiger partial charge in [-0.2, -0.15) is 0 Å². The molecule has 0 saturated carbocycles. The zero-order valence-corrected chi connectivity index (χ0v) is 9.64. The van der Waals surface area contributed by atoms with Gasteiger partial charge < -0.3 is 16.6 Å². The van der Waals surface area contributed by atoms with Crippen LogP contribution in [0.25, 0.3) is 0 Å². The number of allylic oxidation sites excluding steroid dienone is 1. The number of nitrogen functional groups attached to an aromatic ring is 1. The van der Waals surface area contributed by atoms with Gasteiger partial charge in [-0.3, -0.25) is 0 Å². The Balaban J connectivity index is 0.00000225. The molecular formula is C11H16ClFN2O. The summed E-state index contributed by atoms with van der Waals surface area (Å²) in [6.07, 6.45) is 3.11. The average Bonchev–Trinajstić information content (AvgIpc) is 2.23. The van der Waals surface area contributed by atoms with E-state index in [1.54, 1.807) is 6.08 Å². The Bertz CT molecular complexity index is 371. The summed E-state index contributed by atoms with van der Waals surface area (Å²) in [4.78, 5) is 0. The van der Waals surface area contributed by atoms with Crippen molar-refractivity contribution in [2.75, 3.05) is 5.73 Å². The highest BCUT2D eigenvalue weighted by molar-refractivity contribution is 5.85. The van der Waals surface area contributed by atoms with Crippen LogP contribution < -0.4 is 11.5 Å². The van der Waals surface area contributed by atoms with E-state index in [1.165, 1.54) is 12.1 Å². The van der Waals surface area contributed by atoms with Crippen LogP contribution in [0, 0.1) is 5.82 Å². The highest BCUT2D eigenvalue weighted by atomic mass is 35.5. The molecule has 1 rings (SSSR count). The van der Waals surface area contributed by atoms with Crippen molar-refractivity contribution < 1.29 is 9.50 Å². The van der Waals surface area contributed by atoms with Gasteiger partial charge in [-0.05, 0) is 18.9 Å². The van der Waals surface area contributed by atoms with Crippen molar-refractivity contribution in [3.8, 4) is 5.75 Å². The molecule has 0 aromatic heterocycles. The molecule has 0 fully saturated rings. The largest absolute Gasteiger partial charge is 0.505 e. The molecule has 0 amide bonds. The summed E-state index contributed by atoms with van der Waals surface area (Å²) in [6, 6.07) is 2.30. The maximum absolute atomic E-state index is 12.9. The Morgan fingerprint density at radius 3 is 2.69 bits per heavy atom. The van der Waals surface area contributed by atoms with Crippen molar-refractivity contribution in [2.45, 2.75) is 18.9 Å². The van der Waals surface area contributed by atoms with Gasteiger partial charge in [-0.25, -0.2) is 4.39 Å². The monoisotopic (exact) mass is 246 g/mol. The first kappa shape index (κ1) is 14.7. The number of benzene rings is 1. The minimum absolute atomic E-state index is 0. The van der Waals surface area contributed by atoms with E-state index in [0.29, 0.717) is 12.0 Å². The Labute approximate surface area is 100 Å². The standard InChI is InChI=1S/C11H15FN2O.ClH/c1-2-3-4-9(13)7-5-6-8(12)10(14)11(7)15;/h2,5-6,9,15H,1,3-4,13-14H2;1H/t9-;/m0./s1. The molecule has 0 radical (unpaired) electrons. The first-order valence-electron chi connectivity index (χ1n) is 4.71. The fourth-order valence-electron chi connectivity index (χ4n) is 1.35. The number of phenolic OH excluding ortho intramolecular Hbond substituents is 1. The summed E-state index contributed by atoms with van der Waals surface area (Å²) in [7, 11) is 0. The van der Waals surface area contributed by atoms with Gasteiger partial charge in [0.05, 0.1) is 0 Å². The minimum atomic E-state index is -0.632. The zero-order valence-electron chi connectivity index (χ0n) is 8.82. The fraction of sp³-hybridized carbons (Fsp3) is 0.273. The van der Waals surface area contributed by atoms with Crippen LogP contribution in [-0.4, -0.2) is 5.11 Å². The molecule has 1 aromatic rings. The van der Waals surface area contributed by atoms with Crippen molar-refractivity contribution in [3.05, 3.63) is 36.2 Å². The van der Waals surface area contributed by atoms with E-state index in [1.807, 2.05) is 0 Å². The second-order valence-corrected chi connectivity index (χ2v) is 3.37. The van der Waals surface area contributed by atoms with Gasteiger partial charge >= 0.3 is 0 Å². The van der Waals surface area contributed by atoms with Gasteiger partial charge in [0.1, 0.15) is 17.3 Å². The van der Waals surface area contributed by atoms with Crippen molar-refractivity contribution in [1.29, 1.82) is 0 Å². The van der Waals surface area contributed by atoms with Crippen LogP contribution in [0.3, 0.4) is 0 Å². The fourth-order valence-corrected chi connectivity index (χ4v) is 1.35. The summed E-state index contributed by atoms with van der Waals surface area (Å²) >= 11 is 0. The summed E-state index contributed by atoms with van der Waals surface area (Å²) in [6.45, 7) is 3.58. The van der Waals surface area contributed by atoms with Crippen molar-refractivity contribution >= 4 is 18.1 Å². The first-order chi connectivity index (χ1) is 7.07. The van der Waals surface area contributed by atoms with Gasteiger partial charge in [0.15, 0.2) is 0 Å². The number of hydrogen-bond donors (Lipinski definition) is 3. The second-order valence-electron chi connectivity index (χ2n) is 3.37. The minimum Gasteiger partial charge on any atom is -0.505 e. The van der Waals surface area contributed by atoms with Gasteiger partial charge in [-0.1, -0.05) is 12.1 Å². The van der Waals surface area contributed by atoms with Crippen LogP contribution >= 0.6 is 12.4 Å². The molecule has 1 aromatic carbocycles. The van der Waals surface area contributed by atoms with Crippen molar-refractivity contribution in [1.82, 2.24) is 0 Å². The Kier molecular flexibility index (Phi) is 5.85. The molecule has 0 saturated heterocycles. The van der Waals surface area contributed by atoms with Crippen LogP contribution in [-0.2, 0) is 0 Å². The van der Waals surface area contributed by atoms with Crippen molar-refractivity contribution in [2.24, 2.45) is 5.73 Å². The number of phenols is 1. The molecule has 1 atom stereocenters. The second kappa shape index (κ2) is 6.35. The molecule has 0 spiro atoms. The summed E-state index contributed by atoms with van der Waals surface area (Å²) < 4.78 is 12.9. The van der Waals surface area contributed by atoms with Crippen LogP contribution in [0.5, 0.6) is 5.75 Å². The first-order valence-corrected chi connectivity index (χ1v) is 4.71. The number of anilines is 1. The number of halogens is 2. The highest BCUT2D eigenvalue weighted by Crippen LogP contribution is 2.32. The van der Waals surface area contributed by atoms with E-state index in [4.69, 9.17) is 11.5 Å². The van der Waals surface area contributed by atoms with E-state index in [-0.39, 0.29) is 29.9 Å². The maximum Gasteiger partial charge on any atom is 0.149 e. The van der Waals surface area contributed by atoms with Crippen LogP contribution in [0.4, 0.5) is 10.1 Å². The molecule has 0 unspecified atom stereocenters. The molecule has 90 valence electrons. The Hall–Kier alpha value is -1.26. The number of rotatable bonds is 4. The lowest BCUT2D eigenvalue weighted by molar-refractivity contribution is 0.456. The lowest BCUT2D eigenvalue weighted by Gasteiger charge is -2.14.